The summed E-state index contributed by atoms with van der Waals surface area (Å²) in [5.41, 5.74) is 1.54. The number of alkyl halides is 6. The Morgan fingerprint density at radius 3 is 2.17 bits per heavy atom. The molecule has 0 saturated heterocycles. The van der Waals surface area contributed by atoms with Gasteiger partial charge in [0.2, 0.25) is 0 Å². The normalized spacial score (nSPS) is 12.8. The van der Waals surface area contributed by atoms with Crippen molar-refractivity contribution in [2.24, 2.45) is 0 Å². The van der Waals surface area contributed by atoms with Crippen molar-refractivity contribution in [3.05, 3.63) is 95.2 Å². The number of hydrogen-bond acceptors (Lipinski definition) is 4. The Balaban J connectivity index is 1.72. The summed E-state index contributed by atoms with van der Waals surface area (Å²) in [5.74, 6) is -1.48. The molecule has 3 rings (SSSR count). The Morgan fingerprint density at radius 2 is 1.62 bits per heavy atom. The highest BCUT2D eigenvalue weighted by Gasteiger charge is 2.30. The quantitative estimate of drug-likeness (QED) is 0.209. The number of aromatic nitrogens is 1. The molecule has 0 radical (unpaired) electrons. The Hall–Kier alpha value is -4.15. The lowest BCUT2D eigenvalue weighted by atomic mass is 9.93. The lowest BCUT2D eigenvalue weighted by molar-refractivity contribution is -0.140. The third-order valence-electron chi connectivity index (χ3n) is 6.00. The number of halogens is 6. The lowest BCUT2D eigenvalue weighted by Crippen LogP contribution is -2.26. The fraction of sp³-hybridized carbons (Fsp3) is 0.276. The fourth-order valence-electron chi connectivity index (χ4n) is 3.77. The molecule has 0 spiro atoms. The summed E-state index contributed by atoms with van der Waals surface area (Å²) in [5, 5.41) is 2.59. The molecule has 0 aliphatic rings. The summed E-state index contributed by atoms with van der Waals surface area (Å²) >= 11 is 0. The zero-order chi connectivity index (χ0) is 29.3. The molecule has 212 valence electrons. The molecule has 0 saturated carbocycles. The van der Waals surface area contributed by atoms with Gasteiger partial charge in [-0.3, -0.25) is 14.6 Å². The van der Waals surface area contributed by atoms with E-state index in [-0.39, 0.29) is 25.3 Å². The van der Waals surface area contributed by atoms with Crippen LogP contribution in [0.5, 0.6) is 0 Å². The van der Waals surface area contributed by atoms with E-state index in [9.17, 15) is 35.9 Å². The van der Waals surface area contributed by atoms with Gasteiger partial charge in [-0.15, -0.1) is 0 Å². The molecule has 0 fully saturated rings. The second-order valence-corrected chi connectivity index (χ2v) is 8.88. The second-order valence-electron chi connectivity index (χ2n) is 8.88. The second kappa shape index (κ2) is 13.3. The highest BCUT2D eigenvalue weighted by Crippen LogP contribution is 2.33. The number of benzene rings is 2. The number of esters is 1. The van der Waals surface area contributed by atoms with Gasteiger partial charge in [-0.1, -0.05) is 42.5 Å². The molecule has 1 heterocycles. The zero-order valence-corrected chi connectivity index (χ0v) is 21.4. The van der Waals surface area contributed by atoms with Crippen LogP contribution in [-0.2, 0) is 15.7 Å². The number of carbonyl (C=O) groups is 2. The van der Waals surface area contributed by atoms with E-state index in [1.54, 1.807) is 48.6 Å². The minimum Gasteiger partial charge on any atom is -0.469 e. The van der Waals surface area contributed by atoms with E-state index in [4.69, 9.17) is 0 Å². The summed E-state index contributed by atoms with van der Waals surface area (Å²) in [6.07, 6.45) is -5.37. The molecule has 1 atom stereocenters. The van der Waals surface area contributed by atoms with Crippen LogP contribution in [0.15, 0.2) is 72.9 Å². The van der Waals surface area contributed by atoms with Gasteiger partial charge in [0, 0.05) is 36.2 Å². The van der Waals surface area contributed by atoms with Crippen LogP contribution in [0.25, 0.3) is 17.3 Å². The molecule has 0 bridgehead atoms. The topological polar surface area (TPSA) is 68.3 Å². The molecule has 1 aromatic heterocycles. The van der Waals surface area contributed by atoms with Crippen molar-refractivity contribution >= 4 is 18.0 Å². The molecular formula is C29H26F6N2O3. The average Bonchev–Trinajstić information content (AvgIpc) is 2.92. The zero-order valence-electron chi connectivity index (χ0n) is 21.4. The molecule has 0 aliphatic heterocycles. The Bertz CT molecular complexity index is 1300. The van der Waals surface area contributed by atoms with Crippen LogP contribution < -0.4 is 5.32 Å². The van der Waals surface area contributed by atoms with Crippen molar-refractivity contribution in [2.75, 3.05) is 13.7 Å². The molecule has 5 nitrogen and oxygen atoms in total. The summed E-state index contributed by atoms with van der Waals surface area (Å²) in [6, 6.07) is 14.0. The van der Waals surface area contributed by atoms with E-state index in [0.29, 0.717) is 27.9 Å². The van der Waals surface area contributed by atoms with E-state index in [1.807, 2.05) is 0 Å². The predicted octanol–water partition coefficient (Wildman–Crippen LogP) is 7.20. The van der Waals surface area contributed by atoms with Crippen LogP contribution in [-0.4, -0.2) is 36.7 Å². The van der Waals surface area contributed by atoms with Crippen LogP contribution >= 0.6 is 0 Å². The Morgan fingerprint density at radius 1 is 0.950 bits per heavy atom. The van der Waals surface area contributed by atoms with Gasteiger partial charge in [-0.2, -0.15) is 26.3 Å². The van der Waals surface area contributed by atoms with Crippen LogP contribution in [0, 0.1) is 0 Å². The predicted molar refractivity (Wildman–Crippen MR) is 137 cm³/mol. The van der Waals surface area contributed by atoms with Crippen molar-refractivity contribution in [3.63, 3.8) is 0 Å². The van der Waals surface area contributed by atoms with Gasteiger partial charge in [-0.25, -0.2) is 0 Å². The molecular weight excluding hydrogens is 538 g/mol. The van der Waals surface area contributed by atoms with Gasteiger partial charge in [0.15, 0.2) is 0 Å². The van der Waals surface area contributed by atoms with Crippen LogP contribution in [0.3, 0.4) is 0 Å². The van der Waals surface area contributed by atoms with E-state index in [2.05, 4.69) is 15.0 Å². The number of rotatable bonds is 10. The molecule has 0 aliphatic carbocycles. The van der Waals surface area contributed by atoms with E-state index in [0.717, 1.165) is 12.1 Å². The SMILES string of the molecule is COC(=O)CCNC(=O)c1ccc(/C=C\C(CCC(F)(F)F)c2ccc(-c3ccc(C(F)(F)F)cc3)nc2)cc1. The van der Waals surface area contributed by atoms with E-state index < -0.39 is 36.2 Å². The summed E-state index contributed by atoms with van der Waals surface area (Å²) < 4.78 is 81.9. The van der Waals surface area contributed by atoms with Gasteiger partial charge in [0.25, 0.3) is 5.91 Å². The van der Waals surface area contributed by atoms with Crippen molar-refractivity contribution < 1.29 is 40.7 Å². The fourth-order valence-corrected chi connectivity index (χ4v) is 3.77. The number of nitrogens with zero attached hydrogens (tertiary/aromatic N) is 1. The molecule has 40 heavy (non-hydrogen) atoms. The number of allylic oxidation sites excluding steroid dienone is 1. The minimum atomic E-state index is -4.47. The Kier molecular flexibility index (Phi) is 10.1. The number of carbonyl (C=O) groups excluding carboxylic acids is 2. The maximum atomic E-state index is 13.0. The number of hydrogen-bond donors (Lipinski definition) is 1. The number of amides is 1. The van der Waals surface area contributed by atoms with E-state index in [1.165, 1.54) is 25.4 Å². The monoisotopic (exact) mass is 564 g/mol. The third-order valence-corrected chi connectivity index (χ3v) is 6.00. The van der Waals surface area contributed by atoms with E-state index >= 15 is 0 Å². The molecule has 1 N–H and O–H groups in total. The first-order chi connectivity index (χ1) is 18.9. The van der Waals surface area contributed by atoms with Crippen LogP contribution in [0.1, 0.15) is 52.2 Å². The molecule has 3 aromatic rings. The highest BCUT2D eigenvalue weighted by molar-refractivity contribution is 5.94. The van der Waals surface area contributed by atoms with Crippen LogP contribution in [0.2, 0.25) is 0 Å². The third kappa shape index (κ3) is 9.25. The summed E-state index contributed by atoms with van der Waals surface area (Å²) in [6.45, 7) is 0.111. The number of nitrogens with one attached hydrogen (secondary N) is 1. The van der Waals surface area contributed by atoms with Crippen molar-refractivity contribution in [2.45, 2.75) is 37.5 Å². The molecule has 2 aromatic carbocycles. The van der Waals surface area contributed by atoms with Crippen LogP contribution in [0.4, 0.5) is 26.3 Å². The van der Waals surface area contributed by atoms with Gasteiger partial charge >= 0.3 is 18.3 Å². The lowest BCUT2D eigenvalue weighted by Gasteiger charge is -2.15. The molecule has 1 unspecified atom stereocenters. The van der Waals surface area contributed by atoms with Crippen molar-refractivity contribution in [1.82, 2.24) is 10.3 Å². The minimum absolute atomic E-state index is 0.0303. The number of pyridine rings is 1. The Labute approximate surface area is 226 Å². The summed E-state index contributed by atoms with van der Waals surface area (Å²) in [7, 11) is 1.25. The first kappa shape index (κ1) is 30.4. The summed E-state index contributed by atoms with van der Waals surface area (Å²) in [4.78, 5) is 27.6. The van der Waals surface area contributed by atoms with Gasteiger partial charge in [0.1, 0.15) is 0 Å². The van der Waals surface area contributed by atoms with Crippen molar-refractivity contribution in [3.8, 4) is 11.3 Å². The standard InChI is InChI=1S/C29H26F6N2O3/c1-40-26(38)15-17-36-27(39)22-6-3-19(4-7-22)2-5-20(14-16-28(30,31)32)23-10-13-25(37-18-23)21-8-11-24(12-9-21)29(33,34)35/h2-13,18,20H,14-17H2,1H3,(H,36,39)/b5-2-. The molecule has 1 amide bonds. The first-order valence-electron chi connectivity index (χ1n) is 12.2. The highest BCUT2D eigenvalue weighted by atomic mass is 19.4. The maximum Gasteiger partial charge on any atom is 0.416 e. The smallest absolute Gasteiger partial charge is 0.416 e. The van der Waals surface area contributed by atoms with Gasteiger partial charge in [0.05, 0.1) is 24.8 Å². The first-order valence-corrected chi connectivity index (χ1v) is 12.2. The van der Waals surface area contributed by atoms with Gasteiger partial charge in [-0.05, 0) is 47.9 Å². The van der Waals surface area contributed by atoms with Gasteiger partial charge < -0.3 is 10.1 Å². The van der Waals surface area contributed by atoms with Crippen molar-refractivity contribution in [1.29, 1.82) is 0 Å². The largest absolute Gasteiger partial charge is 0.469 e. The molecule has 11 heteroatoms. The maximum absolute atomic E-state index is 13.0. The number of ether oxygens (including phenoxy) is 1. The number of methoxy groups -OCH3 is 1. The average molecular weight is 565 g/mol.